The van der Waals surface area contributed by atoms with E-state index in [1.165, 1.54) is 116 Å². The number of unbranched alkanes of at least 4 members (excludes halogenated alkanes) is 27. The molecule has 17 nitrogen and oxygen atoms in total. The van der Waals surface area contributed by atoms with E-state index in [1.54, 1.807) is 0 Å². The van der Waals surface area contributed by atoms with Crippen molar-refractivity contribution in [1.29, 1.82) is 0 Å². The lowest BCUT2D eigenvalue weighted by Gasteiger charge is -2.21. The SMILES string of the molecule is CCC(C)CCCCCCCCCCC(=O)O[C@H](COC(=O)CCCCCCCCCCCCCC(C)C)COP(=O)(O)OC[C@@H](O)COP(=O)(O)OC[C@@H](COC(=O)CCCCCCCCC(C)CC)OC(=O)CCCCCCCCC(C)C. The van der Waals surface area contributed by atoms with Gasteiger partial charge in [0, 0.05) is 25.7 Å². The molecule has 0 radical (unpaired) electrons. The van der Waals surface area contributed by atoms with Gasteiger partial charge in [0.1, 0.15) is 19.3 Å². The Morgan fingerprint density at radius 3 is 0.835 bits per heavy atom. The van der Waals surface area contributed by atoms with Crippen LogP contribution >= 0.6 is 15.6 Å². The highest BCUT2D eigenvalue weighted by atomic mass is 31.2. The number of aliphatic hydroxyl groups excluding tert-OH is 1. The topological polar surface area (TPSA) is 237 Å². The number of aliphatic hydroxyl groups is 1. The predicted octanol–water partition coefficient (Wildman–Crippen LogP) is 18.1. The van der Waals surface area contributed by atoms with Gasteiger partial charge in [0.15, 0.2) is 12.2 Å². The van der Waals surface area contributed by atoms with Crippen molar-refractivity contribution in [3.05, 3.63) is 0 Å². The summed E-state index contributed by atoms with van der Waals surface area (Å²) in [7, 11) is -9.89. The predicted molar refractivity (Wildman–Crippen MR) is 340 cm³/mol. The normalized spacial score (nSPS) is 15.0. The van der Waals surface area contributed by atoms with Crippen LogP contribution in [0.2, 0.25) is 0 Å². The molecular weight excluding hydrogens is 1130 g/mol. The molecule has 0 aliphatic heterocycles. The highest BCUT2D eigenvalue weighted by molar-refractivity contribution is 7.47. The summed E-state index contributed by atoms with van der Waals surface area (Å²) >= 11 is 0. The van der Waals surface area contributed by atoms with Gasteiger partial charge in [0.2, 0.25) is 0 Å². The minimum Gasteiger partial charge on any atom is -0.462 e. The zero-order chi connectivity index (χ0) is 63.2. The van der Waals surface area contributed by atoms with Gasteiger partial charge >= 0.3 is 39.5 Å². The van der Waals surface area contributed by atoms with Gasteiger partial charge in [0.05, 0.1) is 26.4 Å². The Hall–Kier alpha value is -1.94. The summed E-state index contributed by atoms with van der Waals surface area (Å²) in [5, 5.41) is 10.5. The Labute approximate surface area is 517 Å². The number of hydrogen-bond acceptors (Lipinski definition) is 15. The molecule has 0 aromatic carbocycles. The van der Waals surface area contributed by atoms with E-state index in [9.17, 15) is 43.2 Å². The fourth-order valence-corrected chi connectivity index (χ4v) is 11.3. The summed E-state index contributed by atoms with van der Waals surface area (Å²) in [4.78, 5) is 72.3. The molecule has 0 aromatic rings. The fourth-order valence-electron chi connectivity index (χ4n) is 9.72. The second-order valence-corrected chi connectivity index (χ2v) is 28.2. The number of rotatable bonds is 63. The van der Waals surface area contributed by atoms with Crippen LogP contribution in [0.15, 0.2) is 0 Å². The van der Waals surface area contributed by atoms with Crippen LogP contribution in [0.3, 0.4) is 0 Å². The molecule has 0 bridgehead atoms. The van der Waals surface area contributed by atoms with E-state index in [4.69, 9.17) is 37.0 Å². The molecule has 7 atom stereocenters. The van der Waals surface area contributed by atoms with Crippen molar-refractivity contribution in [2.75, 3.05) is 39.6 Å². The lowest BCUT2D eigenvalue weighted by molar-refractivity contribution is -0.161. The van der Waals surface area contributed by atoms with Gasteiger partial charge in [-0.3, -0.25) is 37.3 Å². The smallest absolute Gasteiger partial charge is 0.462 e. The number of phosphoric ester groups is 2. The molecule has 19 heteroatoms. The number of ether oxygens (including phenoxy) is 4. The van der Waals surface area contributed by atoms with E-state index in [0.29, 0.717) is 31.6 Å². The van der Waals surface area contributed by atoms with Crippen LogP contribution in [0.4, 0.5) is 0 Å². The maximum Gasteiger partial charge on any atom is 0.472 e. The van der Waals surface area contributed by atoms with Gasteiger partial charge in [-0.25, -0.2) is 9.13 Å². The lowest BCUT2D eigenvalue weighted by Crippen LogP contribution is -2.30. The van der Waals surface area contributed by atoms with Crippen molar-refractivity contribution in [2.24, 2.45) is 23.7 Å². The van der Waals surface area contributed by atoms with Gasteiger partial charge in [-0.1, -0.05) is 267 Å². The summed E-state index contributed by atoms with van der Waals surface area (Å²) in [6.07, 6.45) is 36.3. The Balaban J connectivity index is 5.25. The molecule has 0 aliphatic rings. The van der Waals surface area contributed by atoms with Crippen molar-refractivity contribution in [2.45, 2.75) is 337 Å². The van der Waals surface area contributed by atoms with E-state index >= 15 is 0 Å². The summed E-state index contributed by atoms with van der Waals surface area (Å²) in [5.41, 5.74) is 0. The molecule has 0 amide bonds. The molecule has 3 N–H and O–H groups in total. The highest BCUT2D eigenvalue weighted by Gasteiger charge is 2.30. The van der Waals surface area contributed by atoms with Gasteiger partial charge in [-0.2, -0.15) is 0 Å². The van der Waals surface area contributed by atoms with E-state index in [2.05, 4.69) is 55.4 Å². The molecule has 0 aromatic heterocycles. The Bertz CT molecular complexity index is 1700. The molecule has 0 rings (SSSR count). The van der Waals surface area contributed by atoms with E-state index < -0.39 is 97.5 Å². The lowest BCUT2D eigenvalue weighted by atomic mass is 9.99. The molecule has 0 fully saturated rings. The Morgan fingerprint density at radius 1 is 0.329 bits per heavy atom. The Kier molecular flexibility index (Phi) is 54.8. The number of carbonyl (C=O) groups is 4. The van der Waals surface area contributed by atoms with E-state index in [-0.39, 0.29) is 25.7 Å². The molecule has 504 valence electrons. The van der Waals surface area contributed by atoms with Crippen LogP contribution in [0, 0.1) is 23.7 Å². The van der Waals surface area contributed by atoms with Crippen LogP contribution in [0.5, 0.6) is 0 Å². The van der Waals surface area contributed by atoms with Crippen LogP contribution in [-0.2, 0) is 65.4 Å². The summed E-state index contributed by atoms with van der Waals surface area (Å²) in [5.74, 6) is 0.800. The van der Waals surface area contributed by atoms with E-state index in [1.807, 2.05) is 0 Å². The second-order valence-electron chi connectivity index (χ2n) is 25.3. The number of phosphoric acid groups is 2. The average molecular weight is 1260 g/mol. The van der Waals surface area contributed by atoms with Crippen molar-refractivity contribution >= 4 is 39.5 Å². The highest BCUT2D eigenvalue weighted by Crippen LogP contribution is 2.45. The molecular formula is C66H128O17P2. The number of esters is 4. The maximum atomic E-state index is 13.0. The van der Waals surface area contributed by atoms with Crippen LogP contribution in [0.1, 0.15) is 319 Å². The minimum absolute atomic E-state index is 0.101. The van der Waals surface area contributed by atoms with Crippen molar-refractivity contribution < 1.29 is 80.2 Å². The van der Waals surface area contributed by atoms with Gasteiger partial charge in [-0.15, -0.1) is 0 Å². The average Bonchev–Trinajstić information content (AvgIpc) is 3.55. The standard InChI is InChI=1S/C66H128O17P2/c1-9-58(7)44-36-28-19-16-17-21-32-40-48-65(70)82-61(52-76-63(68)46-38-30-20-15-13-11-12-14-18-26-34-42-56(3)4)54-80-84(72,73)78-50-60(67)51-79-85(74,75)81-55-62(83-66(71)49-41-33-24-22-27-35-43-57(5)6)53-77-64(69)47-39-31-25-23-29-37-45-59(8)10-2/h56-62,67H,9-55H2,1-8H3,(H,72,73)(H,74,75)/t58?,59?,60-,61-,62-/m1/s1. The number of carbonyl (C=O) groups excluding carboxylic acids is 4. The third kappa shape index (κ3) is 58.2. The third-order valence-electron chi connectivity index (χ3n) is 15.8. The number of hydrogen-bond donors (Lipinski definition) is 3. The monoisotopic (exact) mass is 1250 g/mol. The summed E-state index contributed by atoms with van der Waals surface area (Å²) in [6, 6.07) is 0. The van der Waals surface area contributed by atoms with Crippen molar-refractivity contribution in [3.8, 4) is 0 Å². The van der Waals surface area contributed by atoms with Gasteiger partial charge in [0.25, 0.3) is 0 Å². The molecule has 0 saturated carbocycles. The molecule has 85 heavy (non-hydrogen) atoms. The van der Waals surface area contributed by atoms with Crippen LogP contribution < -0.4 is 0 Å². The largest absolute Gasteiger partial charge is 0.472 e. The van der Waals surface area contributed by atoms with Crippen LogP contribution in [0.25, 0.3) is 0 Å². The first kappa shape index (κ1) is 83.1. The first-order chi connectivity index (χ1) is 40.7. The minimum atomic E-state index is -4.95. The summed E-state index contributed by atoms with van der Waals surface area (Å²) in [6.45, 7) is 14.0. The first-order valence-corrected chi connectivity index (χ1v) is 37.3. The maximum absolute atomic E-state index is 13.0. The van der Waals surface area contributed by atoms with Crippen molar-refractivity contribution in [1.82, 2.24) is 0 Å². The molecule has 4 unspecified atom stereocenters. The molecule has 0 spiro atoms. The van der Waals surface area contributed by atoms with Crippen molar-refractivity contribution in [3.63, 3.8) is 0 Å². The Morgan fingerprint density at radius 2 is 0.565 bits per heavy atom. The first-order valence-electron chi connectivity index (χ1n) is 34.3. The van der Waals surface area contributed by atoms with Gasteiger partial charge in [-0.05, 0) is 49.4 Å². The molecule has 0 saturated heterocycles. The van der Waals surface area contributed by atoms with E-state index in [0.717, 1.165) is 114 Å². The quantitative estimate of drug-likeness (QED) is 0.0222. The zero-order valence-electron chi connectivity index (χ0n) is 55.2. The third-order valence-corrected chi connectivity index (χ3v) is 17.7. The molecule has 0 heterocycles. The van der Waals surface area contributed by atoms with Crippen LogP contribution in [-0.4, -0.2) is 96.7 Å². The van der Waals surface area contributed by atoms with Gasteiger partial charge < -0.3 is 33.8 Å². The second kappa shape index (κ2) is 56.1. The fraction of sp³-hybridized carbons (Fsp3) is 0.939. The summed E-state index contributed by atoms with van der Waals surface area (Å²) < 4.78 is 68.1. The zero-order valence-corrected chi connectivity index (χ0v) is 57.0. The molecule has 0 aliphatic carbocycles.